The third-order valence-corrected chi connectivity index (χ3v) is 5.00. The fraction of sp³-hybridized carbons (Fsp3) is 0.150. The van der Waals surface area contributed by atoms with E-state index in [2.05, 4.69) is 31.0 Å². The number of ether oxygens (including phenoxy) is 1. The average Bonchev–Trinajstić information content (AvgIpc) is 3.22. The minimum Gasteiger partial charge on any atom is -0.497 e. The van der Waals surface area contributed by atoms with Crippen molar-refractivity contribution in [3.63, 3.8) is 0 Å². The summed E-state index contributed by atoms with van der Waals surface area (Å²) in [5.41, 5.74) is 4.26. The summed E-state index contributed by atoms with van der Waals surface area (Å²) < 4.78 is 7.02. The molecule has 2 N–H and O–H groups in total. The second kappa shape index (κ2) is 6.55. The van der Waals surface area contributed by atoms with E-state index < -0.39 is 6.04 Å². The predicted octanol–water partition coefficient (Wildman–Crippen LogP) is 2.44. The molecule has 0 unspecified atom stereocenters. The van der Waals surface area contributed by atoms with Gasteiger partial charge in [0.05, 0.1) is 12.8 Å². The van der Waals surface area contributed by atoms with Crippen LogP contribution in [-0.2, 0) is 0 Å². The number of fused-ring (bicyclic) bond motifs is 2. The van der Waals surface area contributed by atoms with Crippen LogP contribution in [-0.4, -0.2) is 37.5 Å². The van der Waals surface area contributed by atoms with Crippen molar-refractivity contribution in [2.75, 3.05) is 12.4 Å². The van der Waals surface area contributed by atoms with Crippen LogP contribution in [0.25, 0.3) is 11.3 Å². The minimum absolute atomic E-state index is 0.335. The van der Waals surface area contributed by atoms with Gasteiger partial charge in [0.15, 0.2) is 0 Å². The van der Waals surface area contributed by atoms with Gasteiger partial charge in [0.2, 0.25) is 5.95 Å². The zero-order valence-electron chi connectivity index (χ0n) is 15.7. The van der Waals surface area contributed by atoms with E-state index >= 15 is 0 Å². The van der Waals surface area contributed by atoms with Crippen LogP contribution in [0.2, 0.25) is 0 Å². The van der Waals surface area contributed by atoms with Crippen LogP contribution in [0, 0.1) is 6.92 Å². The first-order valence-electron chi connectivity index (χ1n) is 9.04. The van der Waals surface area contributed by atoms with E-state index in [0.717, 1.165) is 16.7 Å². The van der Waals surface area contributed by atoms with E-state index in [4.69, 9.17) is 4.74 Å². The topological polar surface area (TPSA) is 111 Å². The van der Waals surface area contributed by atoms with Gasteiger partial charge in [-0.25, -0.2) is 5.10 Å². The molecule has 0 saturated carbocycles. The Balaban J connectivity index is 1.80. The molecule has 1 atom stereocenters. The fourth-order valence-electron chi connectivity index (χ4n) is 3.58. The zero-order valence-corrected chi connectivity index (χ0v) is 15.7. The normalized spacial score (nSPS) is 14.6. The van der Waals surface area contributed by atoms with E-state index in [9.17, 15) is 4.79 Å². The quantitative estimate of drug-likeness (QED) is 0.489. The number of aromatic amines is 1. The lowest BCUT2D eigenvalue weighted by Crippen LogP contribution is -2.29. The lowest BCUT2D eigenvalue weighted by molar-refractivity contribution is 0.415. The Kier molecular flexibility index (Phi) is 3.87. The van der Waals surface area contributed by atoms with Gasteiger partial charge in [0, 0.05) is 11.1 Å². The summed E-state index contributed by atoms with van der Waals surface area (Å²) in [5.74, 6) is 1.10. The Bertz CT molecular complexity index is 1260. The molecule has 144 valence electrons. The van der Waals surface area contributed by atoms with Gasteiger partial charge in [-0.2, -0.15) is 9.78 Å². The van der Waals surface area contributed by atoms with Crippen LogP contribution in [0.3, 0.4) is 0 Å². The summed E-state index contributed by atoms with van der Waals surface area (Å²) in [4.78, 5) is 12.7. The molecule has 0 spiro atoms. The first-order valence-corrected chi connectivity index (χ1v) is 9.04. The molecule has 0 amide bonds. The maximum absolute atomic E-state index is 12.7. The average molecular weight is 387 g/mol. The highest BCUT2D eigenvalue weighted by atomic mass is 16.5. The molecule has 1 aliphatic heterocycles. The smallest absolute Gasteiger partial charge is 0.288 e. The minimum atomic E-state index is -0.409. The molecule has 0 radical (unpaired) electrons. The SMILES string of the molecule is COc1cccc(-c2n[nH]c(=O)c3c2[C@@H](c2ccc(C)cc2)n2nnnc2N3)c1. The van der Waals surface area contributed by atoms with E-state index in [1.165, 1.54) is 0 Å². The number of nitrogens with zero attached hydrogens (tertiary/aromatic N) is 5. The lowest BCUT2D eigenvalue weighted by atomic mass is 9.92. The highest BCUT2D eigenvalue weighted by Gasteiger charge is 2.34. The highest BCUT2D eigenvalue weighted by Crippen LogP contribution is 2.41. The van der Waals surface area contributed by atoms with E-state index in [0.29, 0.717) is 28.6 Å². The maximum atomic E-state index is 12.7. The summed E-state index contributed by atoms with van der Waals surface area (Å²) in [6.07, 6.45) is 0. The molecule has 29 heavy (non-hydrogen) atoms. The van der Waals surface area contributed by atoms with Crippen LogP contribution < -0.4 is 15.6 Å². The number of aryl methyl sites for hydroxylation is 1. The Morgan fingerprint density at radius 3 is 2.76 bits per heavy atom. The molecule has 0 saturated heterocycles. The predicted molar refractivity (Wildman–Crippen MR) is 106 cm³/mol. The molecule has 0 bridgehead atoms. The number of benzene rings is 2. The van der Waals surface area contributed by atoms with Gasteiger partial charge in [0.1, 0.15) is 17.5 Å². The van der Waals surface area contributed by atoms with Crippen molar-refractivity contribution in [2.24, 2.45) is 0 Å². The van der Waals surface area contributed by atoms with Crippen LogP contribution in [0.15, 0.2) is 53.3 Å². The van der Waals surface area contributed by atoms with Gasteiger partial charge in [-0.3, -0.25) is 4.79 Å². The molecule has 3 heterocycles. The standard InChI is InChI=1S/C20H17N7O2/c1-11-6-8-12(9-7-11)18-15-16(13-4-3-5-14(10-13)29-2)22-23-19(28)17(15)21-20-24-25-26-27(18)20/h3-10,18H,1-2H3,(H,23,28)(H,21,24,26)/t18-/m1/s1. The highest BCUT2D eigenvalue weighted by molar-refractivity contribution is 5.76. The number of anilines is 2. The summed E-state index contributed by atoms with van der Waals surface area (Å²) >= 11 is 0. The Morgan fingerprint density at radius 1 is 1.14 bits per heavy atom. The number of aromatic nitrogens is 6. The summed E-state index contributed by atoms with van der Waals surface area (Å²) in [6.45, 7) is 2.02. The number of rotatable bonds is 3. The Labute approximate surface area is 165 Å². The maximum Gasteiger partial charge on any atom is 0.288 e. The number of hydrogen-bond acceptors (Lipinski definition) is 7. The van der Waals surface area contributed by atoms with Crippen molar-refractivity contribution in [3.8, 4) is 17.0 Å². The first kappa shape index (κ1) is 17.1. The summed E-state index contributed by atoms with van der Waals surface area (Å²) in [5, 5.41) is 22.0. The fourth-order valence-corrected chi connectivity index (χ4v) is 3.58. The molecule has 0 aliphatic carbocycles. The molecule has 1 aliphatic rings. The Hall–Kier alpha value is -4.01. The molecule has 9 nitrogen and oxygen atoms in total. The van der Waals surface area contributed by atoms with Crippen molar-refractivity contribution in [1.82, 2.24) is 30.4 Å². The van der Waals surface area contributed by atoms with Crippen LogP contribution in [0.1, 0.15) is 22.7 Å². The van der Waals surface area contributed by atoms with Crippen LogP contribution in [0.5, 0.6) is 5.75 Å². The number of hydrogen-bond donors (Lipinski definition) is 2. The number of H-pyrrole nitrogens is 1. The molecular formula is C20H17N7O2. The third-order valence-electron chi connectivity index (χ3n) is 5.00. The number of nitrogens with one attached hydrogen (secondary N) is 2. The molecule has 2 aromatic carbocycles. The molecule has 5 rings (SSSR count). The molecule has 2 aromatic heterocycles. The van der Waals surface area contributed by atoms with Gasteiger partial charge in [-0.1, -0.05) is 47.1 Å². The largest absolute Gasteiger partial charge is 0.497 e. The van der Waals surface area contributed by atoms with Crippen molar-refractivity contribution in [1.29, 1.82) is 0 Å². The molecule has 4 aromatic rings. The van der Waals surface area contributed by atoms with E-state index in [-0.39, 0.29) is 5.56 Å². The van der Waals surface area contributed by atoms with Gasteiger partial charge >= 0.3 is 0 Å². The van der Waals surface area contributed by atoms with E-state index in [1.54, 1.807) is 11.8 Å². The first-order chi connectivity index (χ1) is 14.2. The molecular weight excluding hydrogens is 370 g/mol. The third kappa shape index (κ3) is 2.75. The Morgan fingerprint density at radius 2 is 1.97 bits per heavy atom. The summed E-state index contributed by atoms with van der Waals surface area (Å²) in [7, 11) is 1.61. The second-order valence-corrected chi connectivity index (χ2v) is 6.81. The zero-order chi connectivity index (χ0) is 20.0. The van der Waals surface area contributed by atoms with Crippen molar-refractivity contribution < 1.29 is 4.74 Å². The van der Waals surface area contributed by atoms with Crippen LogP contribution in [0.4, 0.5) is 11.6 Å². The number of tetrazole rings is 1. The van der Waals surface area contributed by atoms with Crippen molar-refractivity contribution >= 4 is 11.6 Å². The van der Waals surface area contributed by atoms with E-state index in [1.807, 2.05) is 55.5 Å². The van der Waals surface area contributed by atoms with Crippen LogP contribution >= 0.6 is 0 Å². The summed E-state index contributed by atoms with van der Waals surface area (Å²) in [6, 6.07) is 15.2. The second-order valence-electron chi connectivity index (χ2n) is 6.81. The monoisotopic (exact) mass is 387 g/mol. The van der Waals surface area contributed by atoms with Crippen molar-refractivity contribution in [3.05, 3.63) is 75.6 Å². The van der Waals surface area contributed by atoms with Gasteiger partial charge in [-0.05, 0) is 35.0 Å². The van der Waals surface area contributed by atoms with Gasteiger partial charge in [-0.15, -0.1) is 0 Å². The molecule has 9 heteroatoms. The lowest BCUT2D eigenvalue weighted by Gasteiger charge is -2.28. The van der Waals surface area contributed by atoms with Gasteiger partial charge in [0.25, 0.3) is 5.56 Å². The number of methoxy groups -OCH3 is 1. The van der Waals surface area contributed by atoms with Crippen molar-refractivity contribution in [2.45, 2.75) is 13.0 Å². The van der Waals surface area contributed by atoms with Gasteiger partial charge < -0.3 is 10.1 Å². The molecule has 0 fully saturated rings.